The normalized spacial score (nSPS) is 15.8. The number of amides is 1. The summed E-state index contributed by atoms with van der Waals surface area (Å²) in [6, 6.07) is 15.0. The molecule has 1 aromatic heterocycles. The Labute approximate surface area is 187 Å². The topological polar surface area (TPSA) is 79.4 Å². The Bertz CT molecular complexity index is 1210. The van der Waals surface area contributed by atoms with Gasteiger partial charge in [0.2, 0.25) is 10.0 Å². The van der Waals surface area contributed by atoms with Crippen molar-refractivity contribution in [3.8, 4) is 11.3 Å². The Balaban J connectivity index is 1.49. The highest BCUT2D eigenvalue weighted by atomic mass is 32.2. The van der Waals surface area contributed by atoms with Gasteiger partial charge in [0.25, 0.3) is 5.91 Å². The molecule has 162 valence electrons. The van der Waals surface area contributed by atoms with E-state index in [1.807, 2.05) is 17.5 Å². The van der Waals surface area contributed by atoms with Gasteiger partial charge < -0.3 is 0 Å². The third-order valence-corrected chi connectivity index (χ3v) is 7.89. The number of anilines is 2. The van der Waals surface area contributed by atoms with Gasteiger partial charge in [-0.1, -0.05) is 51.1 Å². The Morgan fingerprint density at radius 2 is 1.87 bits per heavy atom. The van der Waals surface area contributed by atoms with Crippen molar-refractivity contribution in [2.45, 2.75) is 32.6 Å². The Morgan fingerprint density at radius 1 is 1.13 bits per heavy atom. The molecule has 0 bridgehead atoms. The van der Waals surface area contributed by atoms with Crippen LogP contribution in [0.4, 0.5) is 10.8 Å². The molecule has 1 fully saturated rings. The molecule has 1 saturated heterocycles. The Hall–Kier alpha value is -2.71. The molecule has 0 unspecified atom stereocenters. The third kappa shape index (κ3) is 4.65. The van der Waals surface area contributed by atoms with Crippen LogP contribution in [0.15, 0.2) is 53.9 Å². The first-order valence-electron chi connectivity index (χ1n) is 10.1. The van der Waals surface area contributed by atoms with Crippen LogP contribution in [0.5, 0.6) is 0 Å². The van der Waals surface area contributed by atoms with Gasteiger partial charge in [-0.05, 0) is 35.6 Å². The number of nitrogens with one attached hydrogen (secondary N) is 1. The SMILES string of the molecule is CC(C)(C)c1ccc(-c2csc(NC(=O)c3cccc(N4CCCS4(=O)=O)c3)n2)cc1. The van der Waals surface area contributed by atoms with E-state index < -0.39 is 10.0 Å². The second kappa shape index (κ2) is 8.09. The lowest BCUT2D eigenvalue weighted by molar-refractivity contribution is 0.102. The molecular formula is C23H25N3O3S2. The molecule has 6 nitrogen and oxygen atoms in total. The minimum Gasteiger partial charge on any atom is -0.298 e. The largest absolute Gasteiger partial charge is 0.298 e. The first kappa shape index (κ1) is 21.5. The van der Waals surface area contributed by atoms with Crippen LogP contribution >= 0.6 is 11.3 Å². The van der Waals surface area contributed by atoms with E-state index in [0.29, 0.717) is 29.3 Å². The molecule has 2 heterocycles. The minimum atomic E-state index is -3.29. The van der Waals surface area contributed by atoms with E-state index in [1.54, 1.807) is 24.3 Å². The number of rotatable bonds is 4. The molecule has 1 amide bonds. The quantitative estimate of drug-likeness (QED) is 0.607. The summed E-state index contributed by atoms with van der Waals surface area (Å²) in [4.78, 5) is 17.3. The highest BCUT2D eigenvalue weighted by Crippen LogP contribution is 2.29. The molecule has 0 aliphatic carbocycles. The maximum Gasteiger partial charge on any atom is 0.257 e. The van der Waals surface area contributed by atoms with E-state index in [9.17, 15) is 13.2 Å². The lowest BCUT2D eigenvalue weighted by Crippen LogP contribution is -2.25. The zero-order valence-electron chi connectivity index (χ0n) is 17.8. The zero-order valence-corrected chi connectivity index (χ0v) is 19.4. The summed E-state index contributed by atoms with van der Waals surface area (Å²) in [6.07, 6.45) is 0.595. The van der Waals surface area contributed by atoms with Gasteiger partial charge in [0.15, 0.2) is 5.13 Å². The van der Waals surface area contributed by atoms with Crippen molar-refractivity contribution in [3.63, 3.8) is 0 Å². The van der Waals surface area contributed by atoms with Crippen LogP contribution < -0.4 is 9.62 Å². The molecule has 2 aromatic carbocycles. The summed E-state index contributed by atoms with van der Waals surface area (Å²) in [5, 5.41) is 5.23. The van der Waals surface area contributed by atoms with Crippen molar-refractivity contribution in [2.24, 2.45) is 0 Å². The fourth-order valence-corrected chi connectivity index (χ4v) is 5.78. The minimum absolute atomic E-state index is 0.0860. The highest BCUT2D eigenvalue weighted by molar-refractivity contribution is 7.93. The Kier molecular flexibility index (Phi) is 5.61. The number of aromatic nitrogens is 1. The van der Waals surface area contributed by atoms with E-state index in [0.717, 1.165) is 11.3 Å². The van der Waals surface area contributed by atoms with Crippen LogP contribution in [-0.2, 0) is 15.4 Å². The molecule has 0 radical (unpaired) electrons. The average Bonchev–Trinajstić information content (AvgIpc) is 3.33. The molecule has 1 aliphatic rings. The number of thiazole rings is 1. The third-order valence-electron chi connectivity index (χ3n) is 5.27. The van der Waals surface area contributed by atoms with Crippen LogP contribution in [0.2, 0.25) is 0 Å². The van der Waals surface area contributed by atoms with E-state index in [4.69, 9.17) is 0 Å². The highest BCUT2D eigenvalue weighted by Gasteiger charge is 2.28. The summed E-state index contributed by atoms with van der Waals surface area (Å²) in [6.45, 7) is 6.96. The van der Waals surface area contributed by atoms with Gasteiger partial charge in [0.05, 0.1) is 17.1 Å². The van der Waals surface area contributed by atoms with Gasteiger partial charge in [-0.25, -0.2) is 13.4 Å². The molecule has 8 heteroatoms. The van der Waals surface area contributed by atoms with Crippen molar-refractivity contribution in [1.29, 1.82) is 0 Å². The van der Waals surface area contributed by atoms with Gasteiger partial charge in [-0.15, -0.1) is 11.3 Å². The second-order valence-electron chi connectivity index (χ2n) is 8.61. The van der Waals surface area contributed by atoms with Crippen LogP contribution in [-0.4, -0.2) is 31.6 Å². The van der Waals surface area contributed by atoms with Gasteiger partial charge in [0, 0.05) is 23.1 Å². The van der Waals surface area contributed by atoms with E-state index in [2.05, 4.69) is 43.2 Å². The summed E-state index contributed by atoms with van der Waals surface area (Å²) >= 11 is 1.36. The predicted molar refractivity (Wildman–Crippen MR) is 126 cm³/mol. The van der Waals surface area contributed by atoms with Crippen molar-refractivity contribution >= 4 is 38.1 Å². The van der Waals surface area contributed by atoms with Gasteiger partial charge in [-0.2, -0.15) is 0 Å². The van der Waals surface area contributed by atoms with E-state index in [-0.39, 0.29) is 17.1 Å². The lowest BCUT2D eigenvalue weighted by atomic mass is 9.86. The van der Waals surface area contributed by atoms with Crippen molar-refractivity contribution < 1.29 is 13.2 Å². The number of sulfonamides is 1. The van der Waals surface area contributed by atoms with Gasteiger partial charge >= 0.3 is 0 Å². The van der Waals surface area contributed by atoms with E-state index >= 15 is 0 Å². The molecule has 1 aliphatic heterocycles. The van der Waals surface area contributed by atoms with Crippen LogP contribution in [0.1, 0.15) is 43.1 Å². The average molecular weight is 456 g/mol. The van der Waals surface area contributed by atoms with Crippen molar-refractivity contribution in [3.05, 3.63) is 65.0 Å². The smallest absolute Gasteiger partial charge is 0.257 e. The maximum absolute atomic E-state index is 12.7. The summed E-state index contributed by atoms with van der Waals surface area (Å²) in [5.41, 5.74) is 4.04. The van der Waals surface area contributed by atoms with Gasteiger partial charge in [0.1, 0.15) is 0 Å². The molecule has 0 spiro atoms. The lowest BCUT2D eigenvalue weighted by Gasteiger charge is -2.18. The van der Waals surface area contributed by atoms with Crippen LogP contribution in [0, 0.1) is 0 Å². The first-order chi connectivity index (χ1) is 14.6. The standard InChI is InChI=1S/C23H25N3O3S2/c1-23(2,3)18-10-8-16(9-11-18)20-15-30-22(24-20)25-21(27)17-6-4-7-19(14-17)26-12-5-13-31(26,28)29/h4,6-11,14-15H,5,12-13H2,1-3H3,(H,24,25,27). The van der Waals surface area contributed by atoms with Crippen molar-refractivity contribution in [1.82, 2.24) is 4.98 Å². The molecule has 0 atom stereocenters. The maximum atomic E-state index is 12.7. The molecule has 3 aromatic rings. The van der Waals surface area contributed by atoms with Gasteiger partial charge in [-0.3, -0.25) is 14.4 Å². The fraction of sp³-hybridized carbons (Fsp3) is 0.304. The number of benzene rings is 2. The summed E-state index contributed by atoms with van der Waals surface area (Å²) in [7, 11) is -3.29. The number of hydrogen-bond acceptors (Lipinski definition) is 5. The molecule has 0 saturated carbocycles. The second-order valence-corrected chi connectivity index (χ2v) is 11.5. The summed E-state index contributed by atoms with van der Waals surface area (Å²) < 4.78 is 25.7. The molecule has 4 rings (SSSR count). The van der Waals surface area contributed by atoms with Crippen molar-refractivity contribution in [2.75, 3.05) is 21.9 Å². The molecule has 31 heavy (non-hydrogen) atoms. The van der Waals surface area contributed by atoms with E-state index in [1.165, 1.54) is 21.2 Å². The van der Waals surface area contributed by atoms with Crippen LogP contribution in [0.25, 0.3) is 11.3 Å². The number of nitrogens with zero attached hydrogens (tertiary/aromatic N) is 2. The van der Waals surface area contributed by atoms with Crippen LogP contribution in [0.3, 0.4) is 0 Å². The zero-order chi connectivity index (χ0) is 22.2. The Morgan fingerprint density at radius 3 is 2.52 bits per heavy atom. The fourth-order valence-electron chi connectivity index (χ4n) is 3.51. The first-order valence-corrected chi connectivity index (χ1v) is 12.6. The monoisotopic (exact) mass is 455 g/mol. The number of carbonyl (C=O) groups is 1. The molecular weight excluding hydrogens is 430 g/mol. The predicted octanol–water partition coefficient (Wildman–Crippen LogP) is 4.90. The number of carbonyl (C=O) groups excluding carboxylic acids is 1. The summed E-state index contributed by atoms with van der Waals surface area (Å²) in [5.74, 6) is -0.176. The number of hydrogen-bond donors (Lipinski definition) is 1. The molecule has 1 N–H and O–H groups in total.